The summed E-state index contributed by atoms with van der Waals surface area (Å²) in [7, 11) is 4.04. The molecular formula is C28H29N4+. The average Bonchev–Trinajstić information content (AvgIpc) is 3.30. The van der Waals surface area contributed by atoms with Crippen molar-refractivity contribution in [2.75, 3.05) is 0 Å². The van der Waals surface area contributed by atoms with E-state index < -0.39 is 6.85 Å². The zero-order chi connectivity index (χ0) is 25.1. The smallest absolute Gasteiger partial charge is 0.231 e. The molecule has 0 unspecified atom stereocenters. The third kappa shape index (κ3) is 2.98. The van der Waals surface area contributed by atoms with Crippen molar-refractivity contribution in [3.05, 3.63) is 89.4 Å². The van der Waals surface area contributed by atoms with Crippen molar-refractivity contribution in [1.29, 1.82) is 0 Å². The fourth-order valence-corrected chi connectivity index (χ4v) is 4.72. The summed E-state index contributed by atoms with van der Waals surface area (Å²) in [6.07, 6.45) is 0. The van der Waals surface area contributed by atoms with E-state index in [4.69, 9.17) is 4.11 Å². The van der Waals surface area contributed by atoms with Gasteiger partial charge in [-0.05, 0) is 50.4 Å². The SMILES string of the molecule is [2H]C([2H])([2H])c1nc2n(C)c(-c3cc(-c4ccccc4)cc(-c4ccccc4C)[n+]3C)c(C)n2c1C. The number of hydrogen-bond acceptors (Lipinski definition) is 1. The molecule has 5 rings (SSSR count). The van der Waals surface area contributed by atoms with Gasteiger partial charge in [-0.3, -0.25) is 4.40 Å². The Balaban J connectivity index is 1.84. The standard InChI is InChI=1S/C28H29N4/c1-18-12-10-11-15-24(18)25-16-23(22-13-8-7-9-14-22)17-26(30(25)5)27-21(4)32-20(3)19(2)29-28(32)31(27)6/h7-17H,1-6H3/q+1/i2D3. The third-order valence-electron chi connectivity index (χ3n) is 6.48. The van der Waals surface area contributed by atoms with Crippen LogP contribution in [0.2, 0.25) is 0 Å². The maximum atomic E-state index is 7.89. The second-order valence-corrected chi connectivity index (χ2v) is 8.43. The van der Waals surface area contributed by atoms with Gasteiger partial charge in [-0.15, -0.1) is 0 Å². The highest BCUT2D eigenvalue weighted by atomic mass is 15.2. The average molecular weight is 425 g/mol. The lowest BCUT2D eigenvalue weighted by molar-refractivity contribution is -0.649. The highest BCUT2D eigenvalue weighted by Crippen LogP contribution is 2.32. The first kappa shape index (κ1) is 17.0. The van der Waals surface area contributed by atoms with Gasteiger partial charge in [0.05, 0.1) is 11.4 Å². The Morgan fingerprint density at radius 3 is 2.22 bits per heavy atom. The van der Waals surface area contributed by atoms with Crippen LogP contribution in [-0.2, 0) is 14.1 Å². The van der Waals surface area contributed by atoms with Crippen LogP contribution in [0.5, 0.6) is 0 Å². The predicted octanol–water partition coefficient (Wildman–Crippen LogP) is 5.73. The third-order valence-corrected chi connectivity index (χ3v) is 6.48. The number of pyridine rings is 1. The molecule has 0 radical (unpaired) electrons. The molecule has 4 nitrogen and oxygen atoms in total. The Labute approximate surface area is 193 Å². The normalized spacial score (nSPS) is 13.2. The van der Waals surface area contributed by atoms with Gasteiger partial charge in [-0.25, -0.2) is 4.98 Å². The minimum atomic E-state index is -2.25. The summed E-state index contributed by atoms with van der Waals surface area (Å²) in [5, 5.41) is 0. The topological polar surface area (TPSA) is 26.1 Å². The number of aromatic nitrogens is 4. The molecule has 32 heavy (non-hydrogen) atoms. The Bertz CT molecular complexity index is 1570. The van der Waals surface area contributed by atoms with Crippen LogP contribution in [0.15, 0.2) is 66.7 Å². The van der Waals surface area contributed by atoms with Crippen LogP contribution < -0.4 is 4.57 Å². The number of fused-ring (bicyclic) bond motifs is 1. The molecule has 3 heterocycles. The predicted molar refractivity (Wildman–Crippen MR) is 131 cm³/mol. The first-order chi connectivity index (χ1) is 16.6. The zero-order valence-electron chi connectivity index (χ0n) is 22.1. The number of nitrogens with zero attached hydrogens (tertiary/aromatic N) is 4. The summed E-state index contributed by atoms with van der Waals surface area (Å²) in [6.45, 7) is 3.74. The molecule has 0 aliphatic heterocycles. The van der Waals surface area contributed by atoms with Gasteiger partial charge in [0.15, 0.2) is 0 Å². The quantitative estimate of drug-likeness (QED) is 0.340. The highest BCUT2D eigenvalue weighted by Gasteiger charge is 2.27. The number of aryl methyl sites for hydroxylation is 5. The Hall–Kier alpha value is -3.66. The minimum absolute atomic E-state index is 0.153. The molecular weight excluding hydrogens is 392 g/mol. The van der Waals surface area contributed by atoms with Crippen LogP contribution >= 0.6 is 0 Å². The van der Waals surface area contributed by atoms with Crippen molar-refractivity contribution in [3.63, 3.8) is 0 Å². The molecule has 0 aliphatic rings. The van der Waals surface area contributed by atoms with Crippen molar-refractivity contribution in [1.82, 2.24) is 14.0 Å². The molecule has 0 N–H and O–H groups in total. The van der Waals surface area contributed by atoms with Crippen molar-refractivity contribution in [2.45, 2.75) is 27.6 Å². The summed E-state index contributed by atoms with van der Waals surface area (Å²) in [6, 6.07) is 23.2. The van der Waals surface area contributed by atoms with Crippen LogP contribution in [0.3, 0.4) is 0 Å². The van der Waals surface area contributed by atoms with Crippen LogP contribution in [0.1, 0.15) is 26.8 Å². The number of rotatable bonds is 3. The molecule has 0 fully saturated rings. The van der Waals surface area contributed by atoms with Crippen LogP contribution in [0.4, 0.5) is 0 Å². The summed E-state index contributed by atoms with van der Waals surface area (Å²) in [5.41, 5.74) is 9.55. The molecule has 5 aromatic rings. The first-order valence-electron chi connectivity index (χ1n) is 12.3. The van der Waals surface area contributed by atoms with Crippen molar-refractivity contribution < 1.29 is 8.68 Å². The lowest BCUT2D eigenvalue weighted by Crippen LogP contribution is -2.35. The maximum absolute atomic E-state index is 7.89. The molecule has 4 heteroatoms. The van der Waals surface area contributed by atoms with E-state index in [2.05, 4.69) is 84.2 Å². The van der Waals surface area contributed by atoms with E-state index in [0.29, 0.717) is 11.5 Å². The first-order valence-corrected chi connectivity index (χ1v) is 10.8. The van der Waals surface area contributed by atoms with E-state index in [0.717, 1.165) is 33.9 Å². The van der Waals surface area contributed by atoms with Gasteiger partial charge in [0.1, 0.15) is 12.7 Å². The lowest BCUT2D eigenvalue weighted by Gasteiger charge is -2.12. The van der Waals surface area contributed by atoms with E-state index >= 15 is 0 Å². The number of hydrogen-bond donors (Lipinski definition) is 0. The van der Waals surface area contributed by atoms with Gasteiger partial charge in [-0.2, -0.15) is 4.57 Å². The van der Waals surface area contributed by atoms with Crippen LogP contribution in [0.25, 0.3) is 39.5 Å². The van der Waals surface area contributed by atoms with Crippen molar-refractivity contribution >= 4 is 5.78 Å². The lowest BCUT2D eigenvalue weighted by atomic mass is 9.98. The van der Waals surface area contributed by atoms with Gasteiger partial charge < -0.3 is 4.57 Å². The van der Waals surface area contributed by atoms with E-state index in [1.54, 1.807) is 0 Å². The Morgan fingerprint density at radius 2 is 1.53 bits per heavy atom. The van der Waals surface area contributed by atoms with E-state index in [1.807, 2.05) is 35.9 Å². The molecule has 2 aromatic carbocycles. The second kappa shape index (κ2) is 7.49. The molecule has 0 saturated heterocycles. The van der Waals surface area contributed by atoms with Crippen LogP contribution in [0, 0.1) is 27.6 Å². The molecule has 0 saturated carbocycles. The van der Waals surface area contributed by atoms with Crippen molar-refractivity contribution in [3.8, 4) is 33.8 Å². The summed E-state index contributed by atoms with van der Waals surface area (Å²) < 4.78 is 29.8. The summed E-state index contributed by atoms with van der Waals surface area (Å²) >= 11 is 0. The molecule has 0 spiro atoms. The second-order valence-electron chi connectivity index (χ2n) is 8.43. The molecule has 0 amide bonds. The van der Waals surface area contributed by atoms with Crippen LogP contribution in [-0.4, -0.2) is 14.0 Å². The van der Waals surface area contributed by atoms with Gasteiger partial charge in [0, 0.05) is 34.6 Å². The molecule has 0 bridgehead atoms. The largest absolute Gasteiger partial charge is 0.308 e. The summed E-state index contributed by atoms with van der Waals surface area (Å²) in [4.78, 5) is 4.55. The summed E-state index contributed by atoms with van der Waals surface area (Å²) in [5.74, 6) is 0.628. The number of benzene rings is 2. The molecule has 160 valence electrons. The molecule has 0 aliphatic carbocycles. The minimum Gasteiger partial charge on any atom is -0.308 e. The maximum Gasteiger partial charge on any atom is 0.231 e. The Morgan fingerprint density at radius 1 is 0.844 bits per heavy atom. The van der Waals surface area contributed by atoms with Gasteiger partial charge in [0.25, 0.3) is 0 Å². The molecule has 0 atom stereocenters. The van der Waals surface area contributed by atoms with Gasteiger partial charge >= 0.3 is 0 Å². The van der Waals surface area contributed by atoms with E-state index in [1.165, 1.54) is 11.1 Å². The highest BCUT2D eigenvalue weighted by molar-refractivity contribution is 5.75. The molecule has 3 aromatic heterocycles. The van der Waals surface area contributed by atoms with Crippen molar-refractivity contribution in [2.24, 2.45) is 14.1 Å². The fourth-order valence-electron chi connectivity index (χ4n) is 4.72. The zero-order valence-corrected chi connectivity index (χ0v) is 19.1. The number of imidazole rings is 2. The monoisotopic (exact) mass is 424 g/mol. The van der Waals surface area contributed by atoms with E-state index in [-0.39, 0.29) is 5.69 Å². The Kier molecular flexibility index (Phi) is 3.97. The van der Waals surface area contributed by atoms with E-state index in [9.17, 15) is 0 Å². The van der Waals surface area contributed by atoms with Gasteiger partial charge in [0.2, 0.25) is 17.2 Å². The fraction of sp³-hybridized carbons (Fsp3) is 0.214. The van der Waals surface area contributed by atoms with Gasteiger partial charge in [-0.1, -0.05) is 48.5 Å².